The third-order valence-corrected chi connectivity index (χ3v) is 5.12. The predicted octanol–water partition coefficient (Wildman–Crippen LogP) is 3.41. The van der Waals surface area contributed by atoms with E-state index in [4.69, 9.17) is 10.7 Å². The standard InChI is InChI=1S/C14H19ClN2O3S/c1-2-12-5-3-4-10-17(12)14(18)16-11-6-8-13(9-7-11)21(15,19)20/h6-9,12H,2-5,10H2,1H3,(H,16,18)/t12-/m0/s1. The third kappa shape index (κ3) is 4.11. The summed E-state index contributed by atoms with van der Waals surface area (Å²) in [5, 5.41) is 2.80. The summed E-state index contributed by atoms with van der Waals surface area (Å²) >= 11 is 0. The summed E-state index contributed by atoms with van der Waals surface area (Å²) in [5.41, 5.74) is 0.560. The largest absolute Gasteiger partial charge is 0.322 e. The first-order valence-corrected chi connectivity index (χ1v) is 9.35. The van der Waals surface area contributed by atoms with Crippen molar-refractivity contribution in [2.45, 2.75) is 43.5 Å². The Labute approximate surface area is 129 Å². The van der Waals surface area contributed by atoms with E-state index >= 15 is 0 Å². The lowest BCUT2D eigenvalue weighted by atomic mass is 10.0. The Balaban J connectivity index is 2.05. The maximum Gasteiger partial charge on any atom is 0.322 e. The fourth-order valence-electron chi connectivity index (χ4n) is 2.59. The molecule has 0 saturated carbocycles. The van der Waals surface area contributed by atoms with Crippen molar-refractivity contribution < 1.29 is 13.2 Å². The first kappa shape index (κ1) is 16.1. The number of piperidine rings is 1. The van der Waals surface area contributed by atoms with Gasteiger partial charge in [0.1, 0.15) is 0 Å². The van der Waals surface area contributed by atoms with Crippen LogP contribution in [0.5, 0.6) is 0 Å². The van der Waals surface area contributed by atoms with Gasteiger partial charge in [-0.1, -0.05) is 6.92 Å². The maximum absolute atomic E-state index is 12.3. The van der Waals surface area contributed by atoms with Crippen LogP contribution < -0.4 is 5.32 Å². The highest BCUT2D eigenvalue weighted by molar-refractivity contribution is 8.13. The van der Waals surface area contributed by atoms with Gasteiger partial charge in [0.25, 0.3) is 9.05 Å². The van der Waals surface area contributed by atoms with Crippen molar-refractivity contribution in [1.82, 2.24) is 4.90 Å². The van der Waals surface area contributed by atoms with Gasteiger partial charge in [-0.2, -0.15) is 0 Å². The van der Waals surface area contributed by atoms with E-state index in [0.29, 0.717) is 5.69 Å². The van der Waals surface area contributed by atoms with Gasteiger partial charge in [-0.15, -0.1) is 0 Å². The highest BCUT2D eigenvalue weighted by Gasteiger charge is 2.25. The average Bonchev–Trinajstić information content (AvgIpc) is 2.46. The Morgan fingerprint density at radius 3 is 2.57 bits per heavy atom. The van der Waals surface area contributed by atoms with E-state index in [1.54, 1.807) is 0 Å². The molecule has 5 nitrogen and oxygen atoms in total. The quantitative estimate of drug-likeness (QED) is 0.864. The molecule has 1 N–H and O–H groups in total. The van der Waals surface area contributed by atoms with E-state index in [-0.39, 0.29) is 17.0 Å². The molecule has 1 atom stereocenters. The molecule has 0 aliphatic carbocycles. The summed E-state index contributed by atoms with van der Waals surface area (Å²) < 4.78 is 22.3. The Hall–Kier alpha value is -1.27. The first-order chi connectivity index (χ1) is 9.91. The number of urea groups is 1. The summed E-state index contributed by atoms with van der Waals surface area (Å²) in [7, 11) is 1.52. The highest BCUT2D eigenvalue weighted by Crippen LogP contribution is 2.22. The summed E-state index contributed by atoms with van der Waals surface area (Å²) in [6, 6.07) is 5.98. The molecule has 21 heavy (non-hydrogen) atoms. The molecule has 0 bridgehead atoms. The average molecular weight is 331 g/mol. The predicted molar refractivity (Wildman–Crippen MR) is 83.1 cm³/mol. The molecule has 2 amide bonds. The van der Waals surface area contributed by atoms with E-state index in [9.17, 15) is 13.2 Å². The molecule has 1 fully saturated rings. The molecule has 116 valence electrons. The monoisotopic (exact) mass is 330 g/mol. The van der Waals surface area contributed by atoms with Gasteiger partial charge < -0.3 is 10.2 Å². The minimum absolute atomic E-state index is 0.0200. The zero-order valence-corrected chi connectivity index (χ0v) is 13.5. The molecule has 0 spiro atoms. The van der Waals surface area contributed by atoms with Crippen molar-refractivity contribution in [3.63, 3.8) is 0 Å². The zero-order chi connectivity index (χ0) is 15.5. The van der Waals surface area contributed by atoms with Crippen LogP contribution in [0.2, 0.25) is 0 Å². The minimum atomic E-state index is -3.73. The number of benzene rings is 1. The molecule has 0 radical (unpaired) electrons. The van der Waals surface area contributed by atoms with Gasteiger partial charge in [0.2, 0.25) is 0 Å². The van der Waals surface area contributed by atoms with E-state index in [1.807, 2.05) is 4.90 Å². The number of carbonyl (C=O) groups is 1. The molecule has 1 aromatic carbocycles. The fourth-order valence-corrected chi connectivity index (χ4v) is 3.36. The van der Waals surface area contributed by atoms with Gasteiger partial charge in [-0.25, -0.2) is 13.2 Å². The zero-order valence-electron chi connectivity index (χ0n) is 11.9. The lowest BCUT2D eigenvalue weighted by Crippen LogP contribution is -2.45. The van der Waals surface area contributed by atoms with Crippen molar-refractivity contribution in [3.05, 3.63) is 24.3 Å². The van der Waals surface area contributed by atoms with Crippen LogP contribution in [0.3, 0.4) is 0 Å². The number of halogens is 1. The fraction of sp³-hybridized carbons (Fsp3) is 0.500. The van der Waals surface area contributed by atoms with Gasteiger partial charge in [0, 0.05) is 29.0 Å². The number of rotatable bonds is 3. The van der Waals surface area contributed by atoms with E-state index in [1.165, 1.54) is 24.3 Å². The van der Waals surface area contributed by atoms with Gasteiger partial charge >= 0.3 is 6.03 Å². The van der Waals surface area contributed by atoms with Crippen molar-refractivity contribution in [2.24, 2.45) is 0 Å². The maximum atomic E-state index is 12.3. The number of carbonyl (C=O) groups excluding carboxylic acids is 1. The molecule has 2 rings (SSSR count). The number of amides is 2. The lowest BCUT2D eigenvalue weighted by Gasteiger charge is -2.35. The molecular formula is C14H19ClN2O3S. The number of hydrogen-bond acceptors (Lipinski definition) is 3. The Morgan fingerprint density at radius 1 is 1.33 bits per heavy atom. The normalized spacial score (nSPS) is 19.3. The topological polar surface area (TPSA) is 66.5 Å². The van der Waals surface area contributed by atoms with Crippen LogP contribution in [0.25, 0.3) is 0 Å². The van der Waals surface area contributed by atoms with Crippen molar-refractivity contribution >= 4 is 31.5 Å². The Kier molecular flexibility index (Phi) is 5.11. The lowest BCUT2D eigenvalue weighted by molar-refractivity contribution is 0.160. The summed E-state index contributed by atoms with van der Waals surface area (Å²) in [5.74, 6) is 0. The Morgan fingerprint density at radius 2 is 2.00 bits per heavy atom. The number of hydrogen-bond donors (Lipinski definition) is 1. The first-order valence-electron chi connectivity index (χ1n) is 7.04. The molecule has 0 aromatic heterocycles. The van der Waals surface area contributed by atoms with Crippen LogP contribution in [0.1, 0.15) is 32.6 Å². The summed E-state index contributed by atoms with van der Waals surface area (Å²) in [6.07, 6.45) is 4.15. The second-order valence-corrected chi connectivity index (χ2v) is 7.71. The van der Waals surface area contributed by atoms with Crippen molar-refractivity contribution in [2.75, 3.05) is 11.9 Å². The molecule has 1 saturated heterocycles. The van der Waals surface area contributed by atoms with Gasteiger partial charge in [0.15, 0.2) is 0 Å². The molecule has 1 aliphatic rings. The number of nitrogens with zero attached hydrogens (tertiary/aromatic N) is 1. The number of anilines is 1. The number of likely N-dealkylation sites (tertiary alicyclic amines) is 1. The van der Waals surface area contributed by atoms with Crippen LogP contribution in [-0.4, -0.2) is 31.9 Å². The number of nitrogens with one attached hydrogen (secondary N) is 1. The van der Waals surface area contributed by atoms with Crippen molar-refractivity contribution in [1.29, 1.82) is 0 Å². The molecule has 1 aliphatic heterocycles. The molecular weight excluding hydrogens is 312 g/mol. The van der Waals surface area contributed by atoms with Gasteiger partial charge in [0.05, 0.1) is 4.90 Å². The second kappa shape index (κ2) is 6.66. The van der Waals surface area contributed by atoms with Gasteiger partial charge in [-0.3, -0.25) is 0 Å². The van der Waals surface area contributed by atoms with E-state index < -0.39 is 9.05 Å². The van der Waals surface area contributed by atoms with Crippen LogP contribution in [0.15, 0.2) is 29.2 Å². The van der Waals surface area contributed by atoms with Gasteiger partial charge in [-0.05, 0) is 49.9 Å². The van der Waals surface area contributed by atoms with E-state index in [2.05, 4.69) is 12.2 Å². The smallest absolute Gasteiger partial charge is 0.322 e. The molecule has 7 heteroatoms. The molecule has 0 unspecified atom stereocenters. The van der Waals surface area contributed by atoms with Crippen LogP contribution in [-0.2, 0) is 9.05 Å². The SMILES string of the molecule is CC[C@H]1CCCCN1C(=O)Nc1ccc(S(=O)(=O)Cl)cc1. The summed E-state index contributed by atoms with van der Waals surface area (Å²) in [6.45, 7) is 2.84. The second-order valence-electron chi connectivity index (χ2n) is 5.14. The third-order valence-electron chi connectivity index (χ3n) is 3.75. The van der Waals surface area contributed by atoms with Crippen LogP contribution in [0, 0.1) is 0 Å². The van der Waals surface area contributed by atoms with Crippen LogP contribution >= 0.6 is 10.7 Å². The summed E-state index contributed by atoms with van der Waals surface area (Å²) in [4.78, 5) is 14.2. The highest BCUT2D eigenvalue weighted by atomic mass is 35.7. The van der Waals surface area contributed by atoms with Crippen LogP contribution in [0.4, 0.5) is 10.5 Å². The van der Waals surface area contributed by atoms with Crippen molar-refractivity contribution in [3.8, 4) is 0 Å². The molecule has 1 heterocycles. The Bertz CT molecular complexity index is 601. The van der Waals surface area contributed by atoms with E-state index in [0.717, 1.165) is 32.2 Å². The minimum Gasteiger partial charge on any atom is -0.322 e. The molecule has 1 aromatic rings.